The summed E-state index contributed by atoms with van der Waals surface area (Å²) < 4.78 is 31.6. The zero-order valence-electron chi connectivity index (χ0n) is 21.4. The summed E-state index contributed by atoms with van der Waals surface area (Å²) >= 11 is 1.46. The van der Waals surface area contributed by atoms with Gasteiger partial charge in [-0.25, -0.2) is 9.37 Å². The summed E-state index contributed by atoms with van der Waals surface area (Å²) in [5, 5.41) is 0.529. The minimum Gasteiger partial charge on any atom is -0.490 e. The number of nitrogens with two attached hydrogens (primary N) is 1. The van der Waals surface area contributed by atoms with E-state index in [1.165, 1.54) is 30.6 Å². The van der Waals surface area contributed by atoms with E-state index in [0.717, 1.165) is 38.6 Å². The number of carbonyl (C=O) groups excluding carboxylic acids is 1. The summed E-state index contributed by atoms with van der Waals surface area (Å²) in [6.07, 6.45) is 3.41. The molecule has 1 spiro atoms. The summed E-state index contributed by atoms with van der Waals surface area (Å²) in [7, 11) is 1.40. The third-order valence-corrected chi connectivity index (χ3v) is 8.22. The average Bonchev–Trinajstić information content (AvgIpc) is 3.56. The number of ether oxygens (including phenoxy) is 3. The second-order valence-corrected chi connectivity index (χ2v) is 11.0. The lowest BCUT2D eigenvalue weighted by Crippen LogP contribution is -2.34. The fraction of sp³-hybridized carbons (Fsp3) is 0.379. The third kappa shape index (κ3) is 4.76. The first-order valence-electron chi connectivity index (χ1n) is 12.4. The van der Waals surface area contributed by atoms with E-state index in [4.69, 9.17) is 19.9 Å². The molecule has 5 rings (SSSR count). The van der Waals surface area contributed by atoms with Gasteiger partial charge in [0, 0.05) is 11.5 Å². The Kier molecular flexibility index (Phi) is 6.81. The lowest BCUT2D eigenvalue weighted by Gasteiger charge is -2.31. The van der Waals surface area contributed by atoms with Crippen LogP contribution < -0.4 is 10.5 Å². The van der Waals surface area contributed by atoms with Crippen LogP contribution in [0, 0.1) is 18.7 Å². The number of aromatic nitrogens is 1. The number of benzene rings is 2. The Morgan fingerprint density at radius 3 is 2.65 bits per heavy atom. The van der Waals surface area contributed by atoms with Crippen molar-refractivity contribution in [3.05, 3.63) is 71.2 Å². The molecule has 2 N–H and O–H groups in total. The van der Waals surface area contributed by atoms with Crippen molar-refractivity contribution in [1.29, 1.82) is 0 Å². The number of methoxy groups -OCH3 is 1. The summed E-state index contributed by atoms with van der Waals surface area (Å²) in [4.78, 5) is 18.2. The number of nitrogens with zero attached hydrogens (tertiary/aromatic N) is 1. The number of rotatable bonds is 6. The van der Waals surface area contributed by atoms with Crippen LogP contribution in [0.3, 0.4) is 0 Å². The monoisotopic (exact) mass is 522 g/mol. The van der Waals surface area contributed by atoms with Gasteiger partial charge in [0.15, 0.2) is 5.13 Å². The molecule has 37 heavy (non-hydrogen) atoms. The molecular formula is C29H31FN2O4S. The van der Waals surface area contributed by atoms with Crippen LogP contribution in [0.2, 0.25) is 0 Å². The van der Waals surface area contributed by atoms with Crippen molar-refractivity contribution in [1.82, 2.24) is 4.98 Å². The summed E-state index contributed by atoms with van der Waals surface area (Å²) in [6.45, 7) is 6.31. The first kappa shape index (κ1) is 25.4. The van der Waals surface area contributed by atoms with E-state index in [1.807, 2.05) is 32.9 Å². The molecule has 3 aromatic rings. The highest BCUT2D eigenvalue weighted by molar-refractivity contribution is 7.18. The van der Waals surface area contributed by atoms with Crippen LogP contribution in [0.4, 0.5) is 9.52 Å². The van der Waals surface area contributed by atoms with Crippen molar-refractivity contribution in [3.8, 4) is 16.2 Å². The van der Waals surface area contributed by atoms with Crippen LogP contribution >= 0.6 is 11.3 Å². The zero-order valence-corrected chi connectivity index (χ0v) is 22.2. The van der Waals surface area contributed by atoms with E-state index < -0.39 is 5.60 Å². The molecule has 0 saturated heterocycles. The Balaban J connectivity index is 1.60. The second-order valence-electron chi connectivity index (χ2n) is 9.95. The van der Waals surface area contributed by atoms with Gasteiger partial charge in [-0.1, -0.05) is 23.5 Å². The number of hydrogen-bond donors (Lipinski definition) is 1. The molecule has 2 aliphatic rings. The number of esters is 1. The maximum absolute atomic E-state index is 13.7. The molecule has 0 amide bonds. The van der Waals surface area contributed by atoms with Gasteiger partial charge in [0.05, 0.1) is 41.9 Å². The molecule has 8 heteroatoms. The van der Waals surface area contributed by atoms with Crippen molar-refractivity contribution in [3.63, 3.8) is 0 Å². The lowest BCUT2D eigenvalue weighted by atomic mass is 9.79. The second kappa shape index (κ2) is 9.91. The molecule has 3 atom stereocenters. The number of thiazole rings is 1. The van der Waals surface area contributed by atoms with Crippen molar-refractivity contribution in [2.75, 3.05) is 19.5 Å². The Morgan fingerprint density at radius 2 is 2.00 bits per heavy atom. The highest BCUT2D eigenvalue weighted by atomic mass is 32.1. The number of aryl methyl sites for hydroxylation is 1. The van der Waals surface area contributed by atoms with Crippen LogP contribution in [0.1, 0.15) is 49.4 Å². The van der Waals surface area contributed by atoms with Crippen LogP contribution in [-0.2, 0) is 14.3 Å². The minimum absolute atomic E-state index is 0.00980. The first-order chi connectivity index (χ1) is 17.7. The van der Waals surface area contributed by atoms with E-state index in [9.17, 15) is 9.18 Å². The molecule has 6 nitrogen and oxygen atoms in total. The quantitative estimate of drug-likeness (QED) is 0.391. The van der Waals surface area contributed by atoms with Gasteiger partial charge in [-0.2, -0.15) is 0 Å². The first-order valence-corrected chi connectivity index (χ1v) is 13.3. The highest BCUT2D eigenvalue weighted by Crippen LogP contribution is 2.54. The molecular weight excluding hydrogens is 491 g/mol. The number of halogens is 1. The molecule has 194 valence electrons. The van der Waals surface area contributed by atoms with Crippen LogP contribution in [0.15, 0.2) is 48.5 Å². The zero-order chi connectivity index (χ0) is 26.3. The SMILES string of the molecule is COC(=O)[C@H]1CC[C@@]2(C=C(c3cc(-c4sc(N)nc4C)ccc3OC(C)C)CO2)[C@@H]1c1ccc(F)cc1. The lowest BCUT2D eigenvalue weighted by molar-refractivity contribution is -0.146. The predicted molar refractivity (Wildman–Crippen MR) is 143 cm³/mol. The molecule has 0 unspecified atom stereocenters. The highest BCUT2D eigenvalue weighted by Gasteiger charge is 2.54. The Morgan fingerprint density at radius 1 is 1.24 bits per heavy atom. The van der Waals surface area contributed by atoms with Gasteiger partial charge < -0.3 is 19.9 Å². The molecule has 1 aliphatic carbocycles. The predicted octanol–water partition coefficient (Wildman–Crippen LogP) is 6.15. The molecule has 0 radical (unpaired) electrons. The number of hydrogen-bond acceptors (Lipinski definition) is 7. The largest absolute Gasteiger partial charge is 0.490 e. The number of nitrogen functional groups attached to an aromatic ring is 1. The van der Waals surface area contributed by atoms with Crippen molar-refractivity contribution >= 4 is 28.0 Å². The Bertz CT molecular complexity index is 1350. The molecule has 1 aliphatic heterocycles. The summed E-state index contributed by atoms with van der Waals surface area (Å²) in [5.74, 6) is -0.506. The standard InChI is InChI=1S/C29H31FN2O4S/c1-16(2)36-24-10-7-19(26-17(3)32-28(31)37-26)13-23(24)20-14-29(35-15-20)12-11-22(27(33)34-4)25(29)18-5-8-21(30)9-6-18/h5-10,13-14,16,22,25H,11-12,15H2,1-4H3,(H2,31,32)/t22-,25+,29+/m0/s1. The fourth-order valence-corrected chi connectivity index (χ4v) is 6.50. The van der Waals surface area contributed by atoms with E-state index in [0.29, 0.717) is 24.6 Å². The van der Waals surface area contributed by atoms with Gasteiger partial charge in [0.1, 0.15) is 11.6 Å². The van der Waals surface area contributed by atoms with E-state index in [1.54, 1.807) is 12.1 Å². The third-order valence-electron chi connectivity index (χ3n) is 7.19. The fourth-order valence-electron chi connectivity index (χ4n) is 5.67. The average molecular weight is 523 g/mol. The van der Waals surface area contributed by atoms with E-state index >= 15 is 0 Å². The summed E-state index contributed by atoms with van der Waals surface area (Å²) in [5.41, 5.74) is 9.94. The van der Waals surface area contributed by atoms with Crippen molar-refractivity contribution < 1.29 is 23.4 Å². The maximum atomic E-state index is 13.7. The molecule has 1 aromatic heterocycles. The summed E-state index contributed by atoms with van der Waals surface area (Å²) in [6, 6.07) is 12.4. The van der Waals surface area contributed by atoms with Gasteiger partial charge in [-0.15, -0.1) is 0 Å². The normalized spacial score (nSPS) is 23.0. The molecule has 1 saturated carbocycles. The van der Waals surface area contributed by atoms with Crippen molar-refractivity contribution in [2.45, 2.75) is 51.2 Å². The van der Waals surface area contributed by atoms with Gasteiger partial charge in [-0.3, -0.25) is 4.79 Å². The Hall–Kier alpha value is -3.23. The van der Waals surface area contributed by atoms with Crippen LogP contribution in [0.5, 0.6) is 5.75 Å². The Labute approximate surface area is 220 Å². The minimum atomic E-state index is -0.706. The van der Waals surface area contributed by atoms with E-state index in [-0.39, 0.29) is 29.7 Å². The van der Waals surface area contributed by atoms with Gasteiger partial charge in [0.25, 0.3) is 0 Å². The van der Waals surface area contributed by atoms with Crippen molar-refractivity contribution in [2.24, 2.45) is 5.92 Å². The van der Waals surface area contributed by atoms with E-state index in [2.05, 4.69) is 17.1 Å². The molecule has 2 heterocycles. The van der Waals surface area contributed by atoms with Gasteiger partial charge in [0.2, 0.25) is 0 Å². The number of carbonyl (C=O) groups is 1. The number of anilines is 1. The topological polar surface area (TPSA) is 83.7 Å². The molecule has 1 fully saturated rings. The van der Waals surface area contributed by atoms with Gasteiger partial charge >= 0.3 is 5.97 Å². The molecule has 0 bridgehead atoms. The van der Waals surface area contributed by atoms with Crippen LogP contribution in [-0.4, -0.2) is 36.4 Å². The van der Waals surface area contributed by atoms with Gasteiger partial charge in [-0.05, 0) is 86.7 Å². The van der Waals surface area contributed by atoms with Crippen LogP contribution in [0.25, 0.3) is 16.0 Å². The molecule has 2 aromatic carbocycles. The smallest absolute Gasteiger partial charge is 0.309 e. The maximum Gasteiger partial charge on any atom is 0.309 e.